The van der Waals surface area contributed by atoms with Gasteiger partial charge in [-0.15, -0.1) is 0 Å². The van der Waals surface area contributed by atoms with Crippen LogP contribution in [0.5, 0.6) is 5.75 Å². The molecule has 3 aromatic rings. The minimum atomic E-state index is -0.293. The third kappa shape index (κ3) is 5.83. The van der Waals surface area contributed by atoms with E-state index < -0.39 is 0 Å². The predicted molar refractivity (Wildman–Crippen MR) is 115 cm³/mol. The van der Waals surface area contributed by atoms with Crippen molar-refractivity contribution >= 4 is 29.1 Å². The molecule has 3 rings (SSSR count). The van der Waals surface area contributed by atoms with Crippen molar-refractivity contribution in [2.45, 2.75) is 6.42 Å². The highest BCUT2D eigenvalue weighted by molar-refractivity contribution is 6.30. The fraction of sp³-hybridized carbons (Fsp3) is 0.130. The first-order valence-electron chi connectivity index (χ1n) is 9.12. The predicted octanol–water partition coefficient (Wildman–Crippen LogP) is 4.31. The molecule has 0 aliphatic carbocycles. The Kier molecular flexibility index (Phi) is 6.87. The second-order valence-corrected chi connectivity index (χ2v) is 6.84. The molecule has 2 amide bonds. The first-order valence-corrected chi connectivity index (χ1v) is 9.50. The normalized spacial score (nSPS) is 10.3. The number of ether oxygens (including phenoxy) is 1. The molecule has 5 nitrogen and oxygen atoms in total. The molecule has 148 valence electrons. The number of amides is 2. The molecule has 0 saturated heterocycles. The molecular weight excluding hydrogens is 388 g/mol. The summed E-state index contributed by atoms with van der Waals surface area (Å²) in [5.74, 6) is 0.140. The number of carbonyl (C=O) groups excluding carboxylic acids is 2. The van der Waals surface area contributed by atoms with Crippen LogP contribution >= 0.6 is 11.6 Å². The molecule has 29 heavy (non-hydrogen) atoms. The quantitative estimate of drug-likeness (QED) is 0.612. The number of hydrogen-bond acceptors (Lipinski definition) is 3. The zero-order valence-corrected chi connectivity index (χ0v) is 16.7. The van der Waals surface area contributed by atoms with Gasteiger partial charge in [0.1, 0.15) is 5.75 Å². The summed E-state index contributed by atoms with van der Waals surface area (Å²) in [7, 11) is 1.57. The largest absolute Gasteiger partial charge is 0.483 e. The first kappa shape index (κ1) is 20.4. The van der Waals surface area contributed by atoms with E-state index in [-0.39, 0.29) is 18.4 Å². The Hall–Kier alpha value is -3.31. The van der Waals surface area contributed by atoms with Crippen LogP contribution in [0.3, 0.4) is 0 Å². The van der Waals surface area contributed by atoms with Gasteiger partial charge in [0.15, 0.2) is 6.61 Å². The minimum absolute atomic E-state index is 0.138. The van der Waals surface area contributed by atoms with E-state index in [1.54, 1.807) is 43.4 Å². The lowest BCUT2D eigenvalue weighted by atomic mass is 10.0. The summed E-state index contributed by atoms with van der Waals surface area (Å²) in [5, 5.41) is 5.92. The van der Waals surface area contributed by atoms with Gasteiger partial charge in [-0.1, -0.05) is 41.9 Å². The van der Waals surface area contributed by atoms with Gasteiger partial charge in [-0.3, -0.25) is 9.59 Å². The molecule has 0 saturated carbocycles. The van der Waals surface area contributed by atoms with E-state index in [2.05, 4.69) is 10.6 Å². The van der Waals surface area contributed by atoms with Crippen molar-refractivity contribution in [3.05, 3.63) is 94.5 Å². The second-order valence-electron chi connectivity index (χ2n) is 6.41. The van der Waals surface area contributed by atoms with Gasteiger partial charge in [0, 0.05) is 29.7 Å². The van der Waals surface area contributed by atoms with Crippen molar-refractivity contribution in [3.63, 3.8) is 0 Å². The summed E-state index contributed by atoms with van der Waals surface area (Å²) in [6.45, 7) is -0.138. The topological polar surface area (TPSA) is 67.4 Å². The maximum atomic E-state index is 12.3. The Morgan fingerprint density at radius 3 is 2.38 bits per heavy atom. The van der Waals surface area contributed by atoms with Gasteiger partial charge in [-0.05, 0) is 53.6 Å². The summed E-state index contributed by atoms with van der Waals surface area (Å²) in [6, 6.07) is 22.0. The number of carbonyl (C=O) groups is 2. The van der Waals surface area contributed by atoms with Crippen LogP contribution in [-0.4, -0.2) is 25.5 Å². The molecule has 0 heterocycles. The average Bonchev–Trinajstić information content (AvgIpc) is 2.74. The van der Waals surface area contributed by atoms with Gasteiger partial charge in [0.05, 0.1) is 0 Å². The van der Waals surface area contributed by atoms with Crippen molar-refractivity contribution in [1.82, 2.24) is 5.32 Å². The van der Waals surface area contributed by atoms with E-state index >= 15 is 0 Å². The van der Waals surface area contributed by atoms with Crippen molar-refractivity contribution in [2.24, 2.45) is 0 Å². The van der Waals surface area contributed by atoms with Gasteiger partial charge in [0.25, 0.3) is 11.8 Å². The number of anilines is 1. The third-order valence-corrected chi connectivity index (χ3v) is 4.51. The van der Waals surface area contributed by atoms with Gasteiger partial charge >= 0.3 is 0 Å². The van der Waals surface area contributed by atoms with Crippen LogP contribution in [0.2, 0.25) is 5.02 Å². The Morgan fingerprint density at radius 1 is 0.966 bits per heavy atom. The van der Waals surface area contributed by atoms with Crippen LogP contribution < -0.4 is 15.4 Å². The number of nitrogens with one attached hydrogen (secondary N) is 2. The van der Waals surface area contributed by atoms with Gasteiger partial charge in [0.2, 0.25) is 0 Å². The standard InChI is InChI=1S/C23H21ClN2O3/c1-25-23(28)17-7-10-20(11-8-17)26-22(27)15-29-21-12-9-19(24)14-18(21)13-16-5-3-2-4-6-16/h2-12,14H,13,15H2,1H3,(H,25,28)(H,26,27). The fourth-order valence-corrected chi connectivity index (χ4v) is 3.03. The van der Waals surface area contributed by atoms with Crippen LogP contribution in [0.15, 0.2) is 72.8 Å². The van der Waals surface area contributed by atoms with Crippen LogP contribution in [0.1, 0.15) is 21.5 Å². The molecule has 0 spiro atoms. The van der Waals surface area contributed by atoms with Crippen molar-refractivity contribution in [3.8, 4) is 5.75 Å². The molecule has 3 aromatic carbocycles. The Bertz CT molecular complexity index is 989. The van der Waals surface area contributed by atoms with Crippen LogP contribution in [0.25, 0.3) is 0 Å². The Morgan fingerprint density at radius 2 is 1.69 bits per heavy atom. The lowest BCUT2D eigenvalue weighted by molar-refractivity contribution is -0.118. The van der Waals surface area contributed by atoms with E-state index in [4.69, 9.17) is 16.3 Å². The molecule has 0 aliphatic rings. The maximum absolute atomic E-state index is 12.3. The van der Waals surface area contributed by atoms with E-state index in [0.29, 0.717) is 28.4 Å². The summed E-state index contributed by atoms with van der Waals surface area (Å²) in [4.78, 5) is 23.8. The monoisotopic (exact) mass is 408 g/mol. The third-order valence-electron chi connectivity index (χ3n) is 4.28. The number of halogens is 1. The molecule has 0 bridgehead atoms. The van der Waals surface area contributed by atoms with Crippen LogP contribution in [0, 0.1) is 0 Å². The lowest BCUT2D eigenvalue weighted by Gasteiger charge is -2.12. The Labute approximate surface area is 174 Å². The van der Waals surface area contributed by atoms with Crippen molar-refractivity contribution in [1.29, 1.82) is 0 Å². The fourth-order valence-electron chi connectivity index (χ4n) is 2.83. The average molecular weight is 409 g/mol. The maximum Gasteiger partial charge on any atom is 0.262 e. The molecule has 0 aromatic heterocycles. The Balaban J connectivity index is 1.62. The highest BCUT2D eigenvalue weighted by Gasteiger charge is 2.10. The molecule has 0 unspecified atom stereocenters. The summed E-state index contributed by atoms with van der Waals surface area (Å²) in [6.07, 6.45) is 0.652. The smallest absolute Gasteiger partial charge is 0.262 e. The van der Waals surface area contributed by atoms with Gasteiger partial charge in [-0.25, -0.2) is 0 Å². The lowest BCUT2D eigenvalue weighted by Crippen LogP contribution is -2.21. The number of hydrogen-bond donors (Lipinski definition) is 2. The summed E-state index contributed by atoms with van der Waals surface area (Å²) < 4.78 is 5.74. The van der Waals surface area contributed by atoms with E-state index in [1.807, 2.05) is 36.4 Å². The van der Waals surface area contributed by atoms with Gasteiger partial charge in [-0.2, -0.15) is 0 Å². The van der Waals surface area contributed by atoms with Crippen LogP contribution in [-0.2, 0) is 11.2 Å². The summed E-state index contributed by atoms with van der Waals surface area (Å²) >= 11 is 6.14. The summed E-state index contributed by atoms with van der Waals surface area (Å²) in [5.41, 5.74) is 3.15. The van der Waals surface area contributed by atoms with E-state index in [1.165, 1.54) is 0 Å². The zero-order valence-electron chi connectivity index (χ0n) is 15.9. The van der Waals surface area contributed by atoms with Crippen molar-refractivity contribution in [2.75, 3.05) is 19.0 Å². The van der Waals surface area contributed by atoms with E-state index in [9.17, 15) is 9.59 Å². The first-order chi connectivity index (χ1) is 14.0. The molecule has 0 atom stereocenters. The molecule has 0 aliphatic heterocycles. The SMILES string of the molecule is CNC(=O)c1ccc(NC(=O)COc2ccc(Cl)cc2Cc2ccccc2)cc1. The molecule has 2 N–H and O–H groups in total. The second kappa shape index (κ2) is 9.75. The number of rotatable bonds is 7. The molecular formula is C23H21ClN2O3. The molecule has 0 radical (unpaired) electrons. The van der Waals surface area contributed by atoms with E-state index in [0.717, 1.165) is 11.1 Å². The highest BCUT2D eigenvalue weighted by Crippen LogP contribution is 2.25. The highest BCUT2D eigenvalue weighted by atomic mass is 35.5. The zero-order chi connectivity index (χ0) is 20.6. The van der Waals surface area contributed by atoms with Crippen molar-refractivity contribution < 1.29 is 14.3 Å². The van der Waals surface area contributed by atoms with Crippen LogP contribution in [0.4, 0.5) is 5.69 Å². The van der Waals surface area contributed by atoms with Gasteiger partial charge < -0.3 is 15.4 Å². The number of benzene rings is 3. The minimum Gasteiger partial charge on any atom is -0.483 e. The molecule has 0 fully saturated rings. The molecule has 6 heteroatoms.